The lowest BCUT2D eigenvalue weighted by Gasteiger charge is -2.10. The molecule has 1 aromatic heterocycles. The molecule has 0 saturated carbocycles. The van der Waals surface area contributed by atoms with Crippen LogP contribution in [0.5, 0.6) is 0 Å². The lowest BCUT2D eigenvalue weighted by atomic mass is 10.2. The summed E-state index contributed by atoms with van der Waals surface area (Å²) >= 11 is 1.83. The smallest absolute Gasteiger partial charge is 0.109 e. The van der Waals surface area contributed by atoms with Gasteiger partial charge >= 0.3 is 0 Å². The quantitative estimate of drug-likeness (QED) is 0.719. The number of hydrogen-bond donors (Lipinski definition) is 1. The molecule has 0 aliphatic carbocycles. The van der Waals surface area contributed by atoms with Crippen LogP contribution in [0.3, 0.4) is 0 Å². The molecule has 1 N–H and O–H groups in total. The van der Waals surface area contributed by atoms with E-state index in [2.05, 4.69) is 31.1 Å². The fourth-order valence-electron chi connectivity index (χ4n) is 1.47. The Kier molecular flexibility index (Phi) is 5.88. The van der Waals surface area contributed by atoms with Gasteiger partial charge in [-0.1, -0.05) is 26.7 Å². The van der Waals surface area contributed by atoms with Crippen LogP contribution in [-0.4, -0.2) is 11.5 Å². The van der Waals surface area contributed by atoms with Gasteiger partial charge < -0.3 is 5.32 Å². The van der Waals surface area contributed by atoms with Crippen LogP contribution >= 0.6 is 11.3 Å². The van der Waals surface area contributed by atoms with Crippen molar-refractivity contribution in [2.75, 3.05) is 6.54 Å². The number of aromatic nitrogens is 1. The van der Waals surface area contributed by atoms with Gasteiger partial charge in [-0.3, -0.25) is 0 Å². The van der Waals surface area contributed by atoms with Gasteiger partial charge in [0.25, 0.3) is 0 Å². The van der Waals surface area contributed by atoms with Crippen LogP contribution in [0, 0.1) is 0 Å². The zero-order valence-corrected chi connectivity index (χ0v) is 10.9. The highest BCUT2D eigenvalue weighted by atomic mass is 32.1. The van der Waals surface area contributed by atoms with Gasteiger partial charge in [0.15, 0.2) is 0 Å². The van der Waals surface area contributed by atoms with Crippen molar-refractivity contribution in [3.8, 4) is 0 Å². The van der Waals surface area contributed by atoms with Crippen molar-refractivity contribution in [3.05, 3.63) is 16.1 Å². The third-order valence-electron chi connectivity index (χ3n) is 2.52. The van der Waals surface area contributed by atoms with Crippen LogP contribution in [0.15, 0.2) is 6.20 Å². The molecule has 3 heteroatoms. The van der Waals surface area contributed by atoms with E-state index in [0.29, 0.717) is 6.04 Å². The van der Waals surface area contributed by atoms with Crippen LogP contribution < -0.4 is 5.32 Å². The molecule has 1 unspecified atom stereocenters. The van der Waals surface area contributed by atoms with Crippen molar-refractivity contribution in [2.24, 2.45) is 0 Å². The topological polar surface area (TPSA) is 24.9 Å². The molecule has 2 nitrogen and oxygen atoms in total. The van der Waals surface area contributed by atoms with E-state index in [0.717, 1.165) is 13.0 Å². The highest BCUT2D eigenvalue weighted by Crippen LogP contribution is 2.20. The van der Waals surface area contributed by atoms with E-state index in [4.69, 9.17) is 0 Å². The fourth-order valence-corrected chi connectivity index (χ4v) is 2.35. The maximum absolute atomic E-state index is 4.44. The molecular weight excluding hydrogens is 204 g/mol. The minimum Gasteiger partial charge on any atom is -0.308 e. The Morgan fingerprint density at radius 2 is 2.20 bits per heavy atom. The predicted molar refractivity (Wildman–Crippen MR) is 67.4 cm³/mol. The van der Waals surface area contributed by atoms with Crippen molar-refractivity contribution in [1.29, 1.82) is 0 Å². The second kappa shape index (κ2) is 6.96. The number of unbranched alkanes of at least 4 members (excludes halogenated alkanes) is 2. The molecule has 1 atom stereocenters. The molecule has 0 aromatic carbocycles. The monoisotopic (exact) mass is 226 g/mol. The Morgan fingerprint density at radius 3 is 2.80 bits per heavy atom. The molecule has 1 heterocycles. The molecule has 1 rings (SSSR count). The van der Waals surface area contributed by atoms with Gasteiger partial charge in [0.2, 0.25) is 0 Å². The molecular formula is C12H22N2S. The van der Waals surface area contributed by atoms with Gasteiger partial charge in [-0.15, -0.1) is 11.3 Å². The Labute approximate surface area is 97.1 Å². The summed E-state index contributed by atoms with van der Waals surface area (Å²) in [6, 6.07) is 0.409. The van der Waals surface area contributed by atoms with Crippen molar-refractivity contribution >= 4 is 11.3 Å². The van der Waals surface area contributed by atoms with E-state index < -0.39 is 0 Å². The van der Waals surface area contributed by atoms with Gasteiger partial charge in [-0.05, 0) is 26.3 Å². The molecule has 0 fully saturated rings. The van der Waals surface area contributed by atoms with Gasteiger partial charge in [-0.2, -0.15) is 0 Å². The highest BCUT2D eigenvalue weighted by Gasteiger charge is 2.08. The Morgan fingerprint density at radius 1 is 1.40 bits per heavy atom. The van der Waals surface area contributed by atoms with Crippen molar-refractivity contribution in [1.82, 2.24) is 10.3 Å². The molecule has 0 spiro atoms. The summed E-state index contributed by atoms with van der Waals surface area (Å²) in [5.74, 6) is 0. The molecule has 0 aliphatic heterocycles. The Hall–Kier alpha value is -0.410. The van der Waals surface area contributed by atoms with Crippen LogP contribution in [0.2, 0.25) is 0 Å². The summed E-state index contributed by atoms with van der Waals surface area (Å²) in [7, 11) is 0. The summed E-state index contributed by atoms with van der Waals surface area (Å²) in [6.45, 7) is 7.72. The average molecular weight is 226 g/mol. The fraction of sp³-hybridized carbons (Fsp3) is 0.750. The summed E-state index contributed by atoms with van der Waals surface area (Å²) < 4.78 is 0. The van der Waals surface area contributed by atoms with Crippen LogP contribution in [0.4, 0.5) is 0 Å². The van der Waals surface area contributed by atoms with Crippen LogP contribution in [0.1, 0.15) is 56.0 Å². The first-order valence-corrected chi connectivity index (χ1v) is 6.77. The van der Waals surface area contributed by atoms with Gasteiger partial charge in [0.1, 0.15) is 5.01 Å². The van der Waals surface area contributed by atoms with Gasteiger partial charge in [-0.25, -0.2) is 4.98 Å². The van der Waals surface area contributed by atoms with Gasteiger partial charge in [0, 0.05) is 11.1 Å². The molecule has 0 saturated heterocycles. The lowest BCUT2D eigenvalue weighted by Crippen LogP contribution is -2.19. The number of nitrogens with one attached hydrogen (secondary N) is 1. The first kappa shape index (κ1) is 12.7. The maximum atomic E-state index is 4.44. The molecule has 86 valence electrons. The zero-order chi connectivity index (χ0) is 11.1. The molecule has 1 aromatic rings. The normalized spacial score (nSPS) is 13.0. The molecule has 0 amide bonds. The minimum absolute atomic E-state index is 0.409. The number of aryl methyl sites for hydroxylation is 1. The van der Waals surface area contributed by atoms with Gasteiger partial charge in [0.05, 0.1) is 6.04 Å². The molecule has 0 radical (unpaired) electrons. The van der Waals surface area contributed by atoms with E-state index in [1.165, 1.54) is 29.1 Å². The predicted octanol–water partition coefficient (Wildman–Crippen LogP) is 3.55. The standard InChI is InChI=1S/C12H22N2S/c1-4-6-7-8-13-10(3)12-14-9-11(5-2)15-12/h9-10,13H,4-8H2,1-3H3. The zero-order valence-electron chi connectivity index (χ0n) is 10.0. The van der Waals surface area contributed by atoms with E-state index >= 15 is 0 Å². The maximum Gasteiger partial charge on any atom is 0.109 e. The van der Waals surface area contributed by atoms with E-state index in [-0.39, 0.29) is 0 Å². The largest absolute Gasteiger partial charge is 0.308 e. The van der Waals surface area contributed by atoms with Crippen LogP contribution in [0.25, 0.3) is 0 Å². The highest BCUT2D eigenvalue weighted by molar-refractivity contribution is 7.11. The van der Waals surface area contributed by atoms with Crippen molar-refractivity contribution < 1.29 is 0 Å². The number of rotatable bonds is 7. The average Bonchev–Trinajstić information content (AvgIpc) is 2.72. The first-order valence-electron chi connectivity index (χ1n) is 5.95. The molecule has 0 aliphatic rings. The Balaban J connectivity index is 2.29. The molecule has 15 heavy (non-hydrogen) atoms. The molecule has 0 bridgehead atoms. The summed E-state index contributed by atoms with van der Waals surface area (Å²) in [5, 5.41) is 4.74. The number of thiazole rings is 1. The number of hydrogen-bond acceptors (Lipinski definition) is 3. The summed E-state index contributed by atoms with van der Waals surface area (Å²) in [4.78, 5) is 5.82. The second-order valence-corrected chi connectivity index (χ2v) is 5.05. The summed E-state index contributed by atoms with van der Waals surface area (Å²) in [6.07, 6.45) is 6.97. The Bertz CT molecular complexity index is 270. The third kappa shape index (κ3) is 4.31. The lowest BCUT2D eigenvalue weighted by molar-refractivity contribution is 0.542. The summed E-state index contributed by atoms with van der Waals surface area (Å²) in [5.41, 5.74) is 0. The van der Waals surface area contributed by atoms with E-state index in [9.17, 15) is 0 Å². The minimum atomic E-state index is 0.409. The second-order valence-electron chi connectivity index (χ2n) is 3.90. The van der Waals surface area contributed by atoms with Crippen LogP contribution in [-0.2, 0) is 6.42 Å². The van der Waals surface area contributed by atoms with E-state index in [1.807, 2.05) is 17.5 Å². The third-order valence-corrected chi connectivity index (χ3v) is 3.85. The van der Waals surface area contributed by atoms with Crippen molar-refractivity contribution in [2.45, 2.75) is 52.5 Å². The SMILES string of the molecule is CCCCCNC(C)c1ncc(CC)s1. The van der Waals surface area contributed by atoms with E-state index in [1.54, 1.807) is 0 Å². The number of nitrogens with zero attached hydrogens (tertiary/aromatic N) is 1. The first-order chi connectivity index (χ1) is 7.27. The van der Waals surface area contributed by atoms with Crippen molar-refractivity contribution in [3.63, 3.8) is 0 Å².